The van der Waals surface area contributed by atoms with E-state index in [1.165, 1.54) is 0 Å². The van der Waals surface area contributed by atoms with Crippen molar-refractivity contribution in [2.45, 2.75) is 30.5 Å². The third kappa shape index (κ3) is 5.48. The first-order valence-electron chi connectivity index (χ1n) is 4.66. The average Bonchev–Trinajstić information content (AvgIpc) is 2.30. The number of aliphatic hydroxyl groups is 5. The number of hydrogen-bond donors (Lipinski definition) is 7. The second-order valence-electron chi connectivity index (χ2n) is 3.42. The summed E-state index contributed by atoms with van der Waals surface area (Å²) in [6.45, 7) is -0.934. The van der Waals surface area contributed by atoms with Crippen molar-refractivity contribution in [2.75, 3.05) is 6.61 Å². The van der Waals surface area contributed by atoms with E-state index in [0.29, 0.717) is 0 Å². The maximum absolute atomic E-state index is 10.5. The highest BCUT2D eigenvalue weighted by Crippen LogP contribution is 2.38. The summed E-state index contributed by atoms with van der Waals surface area (Å²) >= 11 is 0. The Bertz CT molecular complexity index is 303. The summed E-state index contributed by atoms with van der Waals surface area (Å²) in [7, 11) is -5.09. The van der Waals surface area contributed by atoms with E-state index in [1.807, 2.05) is 0 Å². The summed E-state index contributed by atoms with van der Waals surface area (Å²) in [4.78, 5) is 27.3. The molecule has 0 fully saturated rings. The number of phosphoric ester groups is 1. The lowest BCUT2D eigenvalue weighted by Gasteiger charge is -2.28. The Labute approximate surface area is 101 Å². The van der Waals surface area contributed by atoms with Crippen LogP contribution in [0, 0.1) is 0 Å². The van der Waals surface area contributed by atoms with Gasteiger partial charge in [0, 0.05) is 0 Å². The van der Waals surface area contributed by atoms with Crippen molar-refractivity contribution >= 4 is 14.1 Å². The summed E-state index contributed by atoms with van der Waals surface area (Å²) in [6, 6.07) is 0. The standard InChI is InChI=1S/C7H15O10P/c8-1-3(10)5(11)7(13)6(12)4(2-9)17-18(14,15)16/h2-8,10-13H,1H2,(H2,14,15,16)/t3-,4+,5+,6+,7-/m0/s1. The van der Waals surface area contributed by atoms with Crippen LogP contribution in [-0.2, 0) is 13.9 Å². The average molecular weight is 290 g/mol. The molecule has 0 unspecified atom stereocenters. The summed E-state index contributed by atoms with van der Waals surface area (Å²) in [5, 5.41) is 45.4. The normalized spacial score (nSPS) is 20.8. The monoisotopic (exact) mass is 290 g/mol. The lowest BCUT2D eigenvalue weighted by molar-refractivity contribution is -0.146. The minimum Gasteiger partial charge on any atom is -0.394 e. The van der Waals surface area contributed by atoms with Crippen LogP contribution < -0.4 is 0 Å². The number of carbonyl (C=O) groups is 1. The van der Waals surface area contributed by atoms with Crippen molar-refractivity contribution in [3.63, 3.8) is 0 Å². The molecule has 0 rings (SSSR count). The molecule has 5 atom stereocenters. The van der Waals surface area contributed by atoms with Gasteiger partial charge in [-0.3, -0.25) is 4.52 Å². The molecule has 0 aromatic heterocycles. The van der Waals surface area contributed by atoms with Crippen LogP contribution in [0.4, 0.5) is 0 Å². The Morgan fingerprint density at radius 3 is 1.89 bits per heavy atom. The zero-order valence-corrected chi connectivity index (χ0v) is 9.87. The van der Waals surface area contributed by atoms with Crippen LogP contribution in [0.25, 0.3) is 0 Å². The first-order valence-corrected chi connectivity index (χ1v) is 6.19. The van der Waals surface area contributed by atoms with Crippen LogP contribution in [0.5, 0.6) is 0 Å². The maximum atomic E-state index is 10.5. The van der Waals surface area contributed by atoms with Crippen LogP contribution >= 0.6 is 7.82 Å². The van der Waals surface area contributed by atoms with Gasteiger partial charge in [-0.2, -0.15) is 0 Å². The third-order valence-corrected chi connectivity index (χ3v) is 2.53. The van der Waals surface area contributed by atoms with E-state index >= 15 is 0 Å². The molecule has 0 aliphatic rings. The first-order chi connectivity index (χ1) is 8.14. The third-order valence-electron chi connectivity index (χ3n) is 2.01. The van der Waals surface area contributed by atoms with Gasteiger partial charge in [0.2, 0.25) is 0 Å². The summed E-state index contributed by atoms with van der Waals surface area (Å²) in [6.07, 6.45) is -10.5. The van der Waals surface area contributed by atoms with Gasteiger partial charge in [-0.05, 0) is 0 Å². The van der Waals surface area contributed by atoms with E-state index in [-0.39, 0.29) is 6.29 Å². The Morgan fingerprint density at radius 2 is 1.56 bits per heavy atom. The zero-order valence-electron chi connectivity index (χ0n) is 8.97. The van der Waals surface area contributed by atoms with E-state index < -0.39 is 44.9 Å². The fourth-order valence-corrected chi connectivity index (χ4v) is 1.55. The molecule has 7 N–H and O–H groups in total. The fraction of sp³-hybridized carbons (Fsp3) is 0.857. The first kappa shape index (κ1) is 17.6. The molecular weight excluding hydrogens is 275 g/mol. The van der Waals surface area contributed by atoms with E-state index in [0.717, 1.165) is 0 Å². The van der Waals surface area contributed by atoms with E-state index in [2.05, 4.69) is 4.52 Å². The van der Waals surface area contributed by atoms with E-state index in [4.69, 9.17) is 20.0 Å². The molecule has 0 heterocycles. The van der Waals surface area contributed by atoms with Crippen LogP contribution in [0.15, 0.2) is 0 Å². The fourth-order valence-electron chi connectivity index (χ4n) is 1.06. The van der Waals surface area contributed by atoms with Crippen molar-refractivity contribution in [2.24, 2.45) is 0 Å². The Kier molecular flexibility index (Phi) is 7.07. The Hall–Kier alpha value is -0.420. The van der Waals surface area contributed by atoms with Gasteiger partial charge in [-0.15, -0.1) is 0 Å². The minimum absolute atomic E-state index is 0.189. The lowest BCUT2D eigenvalue weighted by atomic mass is 10.0. The van der Waals surface area contributed by atoms with E-state index in [9.17, 15) is 24.7 Å². The highest BCUT2D eigenvalue weighted by molar-refractivity contribution is 7.46. The molecule has 0 aromatic carbocycles. The summed E-state index contributed by atoms with van der Waals surface area (Å²) in [5.41, 5.74) is 0. The van der Waals surface area contributed by atoms with Crippen molar-refractivity contribution in [3.8, 4) is 0 Å². The number of rotatable bonds is 8. The molecule has 10 nitrogen and oxygen atoms in total. The highest BCUT2D eigenvalue weighted by Gasteiger charge is 2.37. The van der Waals surface area contributed by atoms with Gasteiger partial charge >= 0.3 is 7.82 Å². The molecular formula is C7H15O10P. The molecule has 0 saturated carbocycles. The minimum atomic E-state index is -5.09. The molecule has 0 aromatic rings. The van der Waals surface area contributed by atoms with Gasteiger partial charge in [0.1, 0.15) is 24.4 Å². The number of aldehydes is 1. The van der Waals surface area contributed by atoms with Gasteiger partial charge in [0.05, 0.1) is 6.61 Å². The highest BCUT2D eigenvalue weighted by atomic mass is 31.2. The number of aliphatic hydroxyl groups excluding tert-OH is 5. The smallest absolute Gasteiger partial charge is 0.394 e. The molecule has 0 amide bonds. The molecule has 0 aliphatic carbocycles. The molecule has 0 spiro atoms. The number of carbonyl (C=O) groups excluding carboxylic acids is 1. The van der Waals surface area contributed by atoms with Crippen LogP contribution in [0.2, 0.25) is 0 Å². The number of hydrogen-bond acceptors (Lipinski definition) is 8. The van der Waals surface area contributed by atoms with Crippen molar-refractivity contribution < 1.29 is 49.2 Å². The maximum Gasteiger partial charge on any atom is 0.470 e. The van der Waals surface area contributed by atoms with Gasteiger partial charge in [-0.25, -0.2) is 4.57 Å². The predicted molar refractivity (Wildman–Crippen MR) is 54.1 cm³/mol. The lowest BCUT2D eigenvalue weighted by Crippen LogP contribution is -2.50. The Morgan fingerprint density at radius 1 is 1.06 bits per heavy atom. The molecule has 108 valence electrons. The largest absolute Gasteiger partial charge is 0.470 e. The molecule has 0 aliphatic heterocycles. The second kappa shape index (κ2) is 7.24. The van der Waals surface area contributed by atoms with E-state index in [1.54, 1.807) is 0 Å². The van der Waals surface area contributed by atoms with Crippen LogP contribution in [0.3, 0.4) is 0 Å². The van der Waals surface area contributed by atoms with Crippen LogP contribution in [-0.4, -0.2) is 78.7 Å². The molecule has 11 heteroatoms. The number of phosphoric acid groups is 1. The van der Waals surface area contributed by atoms with Gasteiger partial charge in [-0.1, -0.05) is 0 Å². The molecule has 18 heavy (non-hydrogen) atoms. The topological polar surface area (TPSA) is 185 Å². The molecule has 0 radical (unpaired) electrons. The molecule has 0 saturated heterocycles. The van der Waals surface area contributed by atoms with Crippen molar-refractivity contribution in [1.82, 2.24) is 0 Å². The summed E-state index contributed by atoms with van der Waals surface area (Å²) in [5.74, 6) is 0. The second-order valence-corrected chi connectivity index (χ2v) is 4.61. The predicted octanol–water partition coefficient (Wildman–Crippen LogP) is -3.90. The SMILES string of the molecule is O=C[C@@H](OP(=O)(O)O)[C@@H](O)[C@@H](O)[C@H](O)[C@@H](O)CO. The van der Waals surface area contributed by atoms with Gasteiger partial charge < -0.3 is 40.1 Å². The van der Waals surface area contributed by atoms with Crippen LogP contribution in [0.1, 0.15) is 0 Å². The van der Waals surface area contributed by atoms with Crippen molar-refractivity contribution in [1.29, 1.82) is 0 Å². The van der Waals surface area contributed by atoms with Gasteiger partial charge in [0.15, 0.2) is 12.4 Å². The quantitative estimate of drug-likeness (QED) is 0.172. The molecule has 0 bridgehead atoms. The Balaban J connectivity index is 4.73. The summed E-state index contributed by atoms with van der Waals surface area (Å²) < 4.78 is 14.3. The van der Waals surface area contributed by atoms with Crippen molar-refractivity contribution in [3.05, 3.63) is 0 Å². The van der Waals surface area contributed by atoms with Gasteiger partial charge in [0.25, 0.3) is 0 Å². The zero-order chi connectivity index (χ0) is 14.5.